The molecular formula is C23H40IN5O4. The first-order valence-corrected chi connectivity index (χ1v) is 11.1. The highest BCUT2D eigenvalue weighted by molar-refractivity contribution is 14.0. The van der Waals surface area contributed by atoms with Crippen LogP contribution in [0.2, 0.25) is 0 Å². The average molecular weight is 578 g/mol. The van der Waals surface area contributed by atoms with Crippen LogP contribution >= 0.6 is 24.0 Å². The SMILES string of the molecule is CN=C(NCCc1ccc(OC)c(OC)c1)NCCN1CCN(C(=O)OC(C)(C)C)CC1.I. The number of halogens is 1. The molecule has 0 radical (unpaired) electrons. The van der Waals surface area contributed by atoms with Gasteiger partial charge in [-0.15, -0.1) is 24.0 Å². The zero-order valence-electron chi connectivity index (χ0n) is 20.8. The van der Waals surface area contributed by atoms with Crippen molar-refractivity contribution in [3.8, 4) is 11.5 Å². The minimum atomic E-state index is -0.458. The molecule has 2 rings (SSSR count). The minimum absolute atomic E-state index is 0. The lowest BCUT2D eigenvalue weighted by Crippen LogP contribution is -2.51. The Hall–Kier alpha value is -1.95. The molecule has 0 aliphatic carbocycles. The number of amides is 1. The third-order valence-electron chi connectivity index (χ3n) is 5.12. The van der Waals surface area contributed by atoms with Gasteiger partial charge in [0.25, 0.3) is 0 Å². The molecule has 0 unspecified atom stereocenters. The minimum Gasteiger partial charge on any atom is -0.493 e. The van der Waals surface area contributed by atoms with Crippen molar-refractivity contribution in [3.05, 3.63) is 23.8 Å². The lowest BCUT2D eigenvalue weighted by Gasteiger charge is -2.35. The normalized spacial score (nSPS) is 14.8. The molecule has 1 heterocycles. The van der Waals surface area contributed by atoms with Crippen molar-refractivity contribution in [2.45, 2.75) is 32.8 Å². The fourth-order valence-electron chi connectivity index (χ4n) is 3.39. The Morgan fingerprint density at radius 3 is 2.24 bits per heavy atom. The van der Waals surface area contributed by atoms with Gasteiger partial charge in [0.2, 0.25) is 0 Å². The summed E-state index contributed by atoms with van der Waals surface area (Å²) in [5.74, 6) is 2.24. The Labute approximate surface area is 215 Å². The molecule has 0 spiro atoms. The zero-order chi connectivity index (χ0) is 23.6. The molecule has 0 bridgehead atoms. The van der Waals surface area contributed by atoms with Crippen LogP contribution in [-0.2, 0) is 11.2 Å². The summed E-state index contributed by atoms with van der Waals surface area (Å²) in [4.78, 5) is 20.6. The molecule has 9 nitrogen and oxygen atoms in total. The molecular weight excluding hydrogens is 537 g/mol. The van der Waals surface area contributed by atoms with Gasteiger partial charge in [-0.2, -0.15) is 0 Å². The van der Waals surface area contributed by atoms with Gasteiger partial charge in [0.15, 0.2) is 17.5 Å². The van der Waals surface area contributed by atoms with Gasteiger partial charge in [-0.05, 0) is 44.9 Å². The van der Waals surface area contributed by atoms with Gasteiger partial charge in [-0.3, -0.25) is 9.89 Å². The number of aliphatic imine (C=N–C) groups is 1. The summed E-state index contributed by atoms with van der Waals surface area (Å²) >= 11 is 0. The summed E-state index contributed by atoms with van der Waals surface area (Å²) in [5.41, 5.74) is 0.703. The van der Waals surface area contributed by atoms with E-state index in [1.54, 1.807) is 26.2 Å². The van der Waals surface area contributed by atoms with Crippen molar-refractivity contribution in [3.63, 3.8) is 0 Å². The molecule has 0 aromatic heterocycles. The maximum Gasteiger partial charge on any atom is 0.410 e. The Balaban J connectivity index is 0.00000544. The molecule has 1 amide bonds. The molecule has 1 aliphatic heterocycles. The monoisotopic (exact) mass is 577 g/mol. The number of nitrogens with one attached hydrogen (secondary N) is 2. The predicted molar refractivity (Wildman–Crippen MR) is 142 cm³/mol. The summed E-state index contributed by atoms with van der Waals surface area (Å²) in [6.45, 7) is 11.1. The van der Waals surface area contributed by atoms with Gasteiger partial charge in [0.1, 0.15) is 5.60 Å². The lowest BCUT2D eigenvalue weighted by molar-refractivity contribution is 0.0147. The first-order valence-electron chi connectivity index (χ1n) is 11.1. The molecule has 2 N–H and O–H groups in total. The average Bonchev–Trinajstić information content (AvgIpc) is 2.77. The van der Waals surface area contributed by atoms with Crippen LogP contribution in [0.3, 0.4) is 0 Å². The van der Waals surface area contributed by atoms with Crippen molar-refractivity contribution in [1.82, 2.24) is 20.4 Å². The van der Waals surface area contributed by atoms with E-state index in [0.717, 1.165) is 62.2 Å². The molecule has 33 heavy (non-hydrogen) atoms. The van der Waals surface area contributed by atoms with Crippen LogP contribution in [0.1, 0.15) is 26.3 Å². The molecule has 0 atom stereocenters. The quantitative estimate of drug-likeness (QED) is 0.279. The molecule has 10 heteroatoms. The summed E-state index contributed by atoms with van der Waals surface area (Å²) < 4.78 is 16.1. The van der Waals surface area contributed by atoms with Crippen LogP contribution in [0.5, 0.6) is 11.5 Å². The van der Waals surface area contributed by atoms with Gasteiger partial charge in [-0.1, -0.05) is 6.07 Å². The molecule has 1 aliphatic rings. The molecule has 0 saturated carbocycles. The van der Waals surface area contributed by atoms with Gasteiger partial charge >= 0.3 is 6.09 Å². The highest BCUT2D eigenvalue weighted by Crippen LogP contribution is 2.27. The van der Waals surface area contributed by atoms with E-state index in [0.29, 0.717) is 13.1 Å². The van der Waals surface area contributed by atoms with E-state index in [1.165, 1.54) is 0 Å². The van der Waals surface area contributed by atoms with E-state index in [9.17, 15) is 4.79 Å². The van der Waals surface area contributed by atoms with E-state index >= 15 is 0 Å². The number of carbonyl (C=O) groups is 1. The van der Waals surface area contributed by atoms with Crippen molar-refractivity contribution >= 4 is 36.0 Å². The Morgan fingerprint density at radius 1 is 1.03 bits per heavy atom. The first-order chi connectivity index (χ1) is 15.3. The van der Waals surface area contributed by atoms with Crippen molar-refractivity contribution in [2.75, 3.05) is 67.1 Å². The fraction of sp³-hybridized carbons (Fsp3) is 0.652. The van der Waals surface area contributed by atoms with Crippen LogP contribution in [0.4, 0.5) is 4.79 Å². The first kappa shape index (κ1) is 29.1. The number of carbonyl (C=O) groups excluding carboxylic acids is 1. The highest BCUT2D eigenvalue weighted by Gasteiger charge is 2.25. The predicted octanol–water partition coefficient (Wildman–Crippen LogP) is 2.58. The second kappa shape index (κ2) is 14.3. The van der Waals surface area contributed by atoms with Gasteiger partial charge < -0.3 is 29.7 Å². The van der Waals surface area contributed by atoms with Crippen LogP contribution in [-0.4, -0.2) is 94.5 Å². The summed E-state index contributed by atoms with van der Waals surface area (Å²) in [7, 11) is 5.05. The fourth-order valence-corrected chi connectivity index (χ4v) is 3.39. The van der Waals surface area contributed by atoms with Crippen LogP contribution in [0, 0.1) is 0 Å². The van der Waals surface area contributed by atoms with Crippen molar-refractivity contribution < 1.29 is 19.0 Å². The third-order valence-corrected chi connectivity index (χ3v) is 5.12. The summed E-state index contributed by atoms with van der Waals surface area (Å²) in [5, 5.41) is 6.70. The maximum atomic E-state index is 12.2. The topological polar surface area (TPSA) is 87.7 Å². The number of ether oxygens (including phenoxy) is 3. The number of rotatable bonds is 8. The Kier molecular flexibility index (Phi) is 12.6. The maximum absolute atomic E-state index is 12.2. The molecule has 188 valence electrons. The Bertz CT molecular complexity index is 762. The highest BCUT2D eigenvalue weighted by atomic mass is 127. The summed E-state index contributed by atoms with van der Waals surface area (Å²) in [6, 6.07) is 5.95. The number of hydrogen-bond acceptors (Lipinski definition) is 6. The Morgan fingerprint density at radius 2 is 1.67 bits per heavy atom. The van der Waals surface area contributed by atoms with E-state index in [4.69, 9.17) is 14.2 Å². The standard InChI is InChI=1S/C23H39N5O4.HI/c1-23(2,3)32-22(29)28-15-13-27(14-16-28)12-11-26-21(24-4)25-10-9-18-7-8-19(30-5)20(17-18)31-6;/h7-8,17H,9-16H2,1-6H3,(H2,24,25,26);1H. The zero-order valence-corrected chi connectivity index (χ0v) is 23.1. The molecule has 1 aromatic carbocycles. The number of guanidine groups is 1. The van der Waals surface area contributed by atoms with E-state index in [-0.39, 0.29) is 30.1 Å². The number of hydrogen-bond donors (Lipinski definition) is 2. The lowest BCUT2D eigenvalue weighted by atomic mass is 10.1. The number of piperazine rings is 1. The van der Waals surface area contributed by atoms with Crippen LogP contribution < -0.4 is 20.1 Å². The molecule has 1 saturated heterocycles. The third kappa shape index (κ3) is 10.2. The van der Waals surface area contributed by atoms with Crippen molar-refractivity contribution in [2.24, 2.45) is 4.99 Å². The van der Waals surface area contributed by atoms with E-state index in [1.807, 2.05) is 39.0 Å². The largest absolute Gasteiger partial charge is 0.493 e. The van der Waals surface area contributed by atoms with Crippen LogP contribution in [0.15, 0.2) is 23.2 Å². The van der Waals surface area contributed by atoms with E-state index < -0.39 is 5.60 Å². The summed E-state index contributed by atoms with van der Waals surface area (Å²) in [6.07, 6.45) is 0.614. The number of nitrogens with zero attached hydrogens (tertiary/aromatic N) is 3. The number of methoxy groups -OCH3 is 2. The van der Waals surface area contributed by atoms with Gasteiger partial charge in [0.05, 0.1) is 14.2 Å². The second-order valence-electron chi connectivity index (χ2n) is 8.67. The molecule has 1 fully saturated rings. The van der Waals surface area contributed by atoms with Crippen molar-refractivity contribution in [1.29, 1.82) is 0 Å². The van der Waals surface area contributed by atoms with Gasteiger partial charge in [-0.25, -0.2) is 4.79 Å². The number of benzene rings is 1. The van der Waals surface area contributed by atoms with Crippen LogP contribution in [0.25, 0.3) is 0 Å². The van der Waals surface area contributed by atoms with E-state index in [2.05, 4.69) is 20.5 Å². The smallest absolute Gasteiger partial charge is 0.410 e. The van der Waals surface area contributed by atoms with Gasteiger partial charge in [0, 0.05) is 52.9 Å². The molecule has 1 aromatic rings. The second-order valence-corrected chi connectivity index (χ2v) is 8.67.